The van der Waals surface area contributed by atoms with Crippen molar-refractivity contribution in [3.8, 4) is 11.6 Å². The van der Waals surface area contributed by atoms with Gasteiger partial charge in [0.2, 0.25) is 5.88 Å². The van der Waals surface area contributed by atoms with Crippen molar-refractivity contribution in [2.24, 2.45) is 0 Å². The zero-order valence-corrected chi connectivity index (χ0v) is 11.2. The van der Waals surface area contributed by atoms with Gasteiger partial charge in [0.15, 0.2) is 0 Å². The molecule has 0 atom stereocenters. The summed E-state index contributed by atoms with van der Waals surface area (Å²) in [6, 6.07) is 7.35. The van der Waals surface area contributed by atoms with E-state index in [0.717, 1.165) is 37.3 Å². The summed E-state index contributed by atoms with van der Waals surface area (Å²) < 4.78 is 5.69. The van der Waals surface area contributed by atoms with E-state index in [1.54, 1.807) is 12.3 Å². The molecule has 0 unspecified atom stereocenters. The number of hydrogen-bond acceptors (Lipinski definition) is 4. The maximum Gasteiger partial charge on any atom is 0.238 e. The van der Waals surface area contributed by atoms with Crippen LogP contribution in [0.1, 0.15) is 11.4 Å². The van der Waals surface area contributed by atoms with Crippen molar-refractivity contribution < 1.29 is 4.74 Å². The number of nitrogens with one attached hydrogen (secondary N) is 1. The number of ether oxygens (including phenoxy) is 1. The van der Waals surface area contributed by atoms with E-state index in [1.165, 1.54) is 0 Å². The lowest BCUT2D eigenvalue weighted by molar-refractivity contribution is 0.457. The fourth-order valence-corrected chi connectivity index (χ4v) is 2.25. The molecule has 0 fully saturated rings. The minimum absolute atomic E-state index is 0.494. The molecular weight excluding hydrogens is 262 g/mol. The Morgan fingerprint density at radius 2 is 1.89 bits per heavy atom. The van der Waals surface area contributed by atoms with Crippen LogP contribution in [0.2, 0.25) is 5.02 Å². The first-order chi connectivity index (χ1) is 9.33. The van der Waals surface area contributed by atoms with E-state index >= 15 is 0 Å². The van der Waals surface area contributed by atoms with Crippen molar-refractivity contribution in [3.05, 3.63) is 46.9 Å². The third kappa shape index (κ3) is 2.85. The van der Waals surface area contributed by atoms with Crippen molar-refractivity contribution in [1.29, 1.82) is 0 Å². The maximum atomic E-state index is 6.06. The number of rotatable bonds is 2. The van der Waals surface area contributed by atoms with E-state index in [4.69, 9.17) is 16.3 Å². The first kappa shape index (κ1) is 12.4. The van der Waals surface area contributed by atoms with Gasteiger partial charge in [0, 0.05) is 25.9 Å². The highest BCUT2D eigenvalue weighted by Gasteiger charge is 2.12. The largest absolute Gasteiger partial charge is 0.436 e. The molecule has 1 aromatic heterocycles. The standard InChI is InChI=1S/C14H14ClN3O/c15-10-3-1-2-4-13(10)19-14-9-17-11-5-7-16-8-6-12(11)18-14/h1-4,9,16H,5-8H2. The van der Waals surface area contributed by atoms with Gasteiger partial charge in [0.05, 0.1) is 22.6 Å². The van der Waals surface area contributed by atoms with Crippen LogP contribution in [0.25, 0.3) is 0 Å². The van der Waals surface area contributed by atoms with Gasteiger partial charge < -0.3 is 10.1 Å². The summed E-state index contributed by atoms with van der Waals surface area (Å²) in [5, 5.41) is 3.90. The second-order valence-corrected chi connectivity index (χ2v) is 4.79. The van der Waals surface area contributed by atoms with Crippen LogP contribution in [-0.4, -0.2) is 23.1 Å². The molecule has 0 bridgehead atoms. The molecule has 5 heteroatoms. The lowest BCUT2D eigenvalue weighted by atomic mass is 10.2. The van der Waals surface area contributed by atoms with Gasteiger partial charge >= 0.3 is 0 Å². The van der Waals surface area contributed by atoms with Crippen molar-refractivity contribution in [3.63, 3.8) is 0 Å². The lowest BCUT2D eigenvalue weighted by Crippen LogP contribution is -2.16. The summed E-state index contributed by atoms with van der Waals surface area (Å²) in [4.78, 5) is 8.96. The first-order valence-electron chi connectivity index (χ1n) is 6.31. The van der Waals surface area contributed by atoms with E-state index in [0.29, 0.717) is 16.7 Å². The molecule has 0 aliphatic carbocycles. The van der Waals surface area contributed by atoms with Crippen LogP contribution in [0.15, 0.2) is 30.5 Å². The van der Waals surface area contributed by atoms with Crippen LogP contribution < -0.4 is 10.1 Å². The van der Waals surface area contributed by atoms with Crippen LogP contribution in [0.4, 0.5) is 0 Å². The molecule has 1 aromatic carbocycles. The minimum Gasteiger partial charge on any atom is -0.436 e. The zero-order valence-electron chi connectivity index (χ0n) is 10.4. The number of fused-ring (bicyclic) bond motifs is 1. The normalized spacial score (nSPS) is 14.6. The van der Waals surface area contributed by atoms with Gasteiger partial charge in [0.1, 0.15) is 5.75 Å². The second-order valence-electron chi connectivity index (χ2n) is 4.38. The van der Waals surface area contributed by atoms with Crippen LogP contribution in [-0.2, 0) is 12.8 Å². The quantitative estimate of drug-likeness (QED) is 0.915. The Morgan fingerprint density at radius 3 is 2.74 bits per heavy atom. The number of hydrogen-bond donors (Lipinski definition) is 1. The average Bonchev–Trinajstić information content (AvgIpc) is 2.66. The van der Waals surface area contributed by atoms with Gasteiger partial charge in [-0.1, -0.05) is 23.7 Å². The van der Waals surface area contributed by atoms with Crippen LogP contribution in [0.3, 0.4) is 0 Å². The Hall–Kier alpha value is -1.65. The van der Waals surface area contributed by atoms with E-state index in [9.17, 15) is 0 Å². The van der Waals surface area contributed by atoms with Gasteiger partial charge in [-0.2, -0.15) is 0 Å². The lowest BCUT2D eigenvalue weighted by Gasteiger charge is -2.09. The Labute approximate surface area is 116 Å². The molecule has 4 nitrogen and oxygen atoms in total. The molecule has 19 heavy (non-hydrogen) atoms. The van der Waals surface area contributed by atoms with E-state index in [-0.39, 0.29) is 0 Å². The fraction of sp³-hybridized carbons (Fsp3) is 0.286. The van der Waals surface area contributed by atoms with E-state index in [2.05, 4.69) is 15.3 Å². The first-order valence-corrected chi connectivity index (χ1v) is 6.68. The molecule has 0 amide bonds. The number of aromatic nitrogens is 2. The summed E-state index contributed by atoms with van der Waals surface area (Å²) in [6.45, 7) is 1.88. The van der Waals surface area contributed by atoms with Crippen LogP contribution >= 0.6 is 11.6 Å². The summed E-state index contributed by atoms with van der Waals surface area (Å²) in [7, 11) is 0. The van der Waals surface area contributed by atoms with Crippen molar-refractivity contribution in [1.82, 2.24) is 15.3 Å². The summed E-state index contributed by atoms with van der Waals surface area (Å²) >= 11 is 6.06. The number of benzene rings is 1. The molecule has 1 aliphatic heterocycles. The SMILES string of the molecule is Clc1ccccc1Oc1cnc2c(n1)CCNCC2. The minimum atomic E-state index is 0.494. The van der Waals surface area contributed by atoms with Crippen molar-refractivity contribution in [2.45, 2.75) is 12.8 Å². The highest BCUT2D eigenvalue weighted by Crippen LogP contribution is 2.27. The molecule has 0 saturated carbocycles. The monoisotopic (exact) mass is 275 g/mol. The molecular formula is C14H14ClN3O. The zero-order chi connectivity index (χ0) is 13.1. The highest BCUT2D eigenvalue weighted by atomic mass is 35.5. The molecule has 98 valence electrons. The summed E-state index contributed by atoms with van der Waals surface area (Å²) in [5.74, 6) is 1.10. The third-order valence-electron chi connectivity index (χ3n) is 3.04. The van der Waals surface area contributed by atoms with Gasteiger partial charge in [-0.15, -0.1) is 0 Å². The Balaban J connectivity index is 1.86. The van der Waals surface area contributed by atoms with E-state index in [1.807, 2.05) is 18.2 Å². The Bertz CT molecular complexity index is 589. The van der Waals surface area contributed by atoms with E-state index < -0.39 is 0 Å². The van der Waals surface area contributed by atoms with Crippen LogP contribution in [0.5, 0.6) is 11.6 Å². The molecule has 1 aliphatic rings. The van der Waals surface area contributed by atoms with Gasteiger partial charge in [-0.3, -0.25) is 4.98 Å². The van der Waals surface area contributed by atoms with Gasteiger partial charge in [-0.25, -0.2) is 4.98 Å². The molecule has 0 saturated heterocycles. The van der Waals surface area contributed by atoms with Crippen molar-refractivity contribution >= 4 is 11.6 Å². The number of halogens is 1. The molecule has 2 heterocycles. The smallest absolute Gasteiger partial charge is 0.238 e. The molecule has 0 spiro atoms. The molecule has 1 N–H and O–H groups in total. The fourth-order valence-electron chi connectivity index (χ4n) is 2.07. The van der Waals surface area contributed by atoms with Crippen LogP contribution in [0, 0.1) is 0 Å². The number of para-hydroxylation sites is 1. The summed E-state index contributed by atoms with van der Waals surface area (Å²) in [5.41, 5.74) is 2.06. The average molecular weight is 276 g/mol. The predicted molar refractivity (Wildman–Crippen MR) is 73.8 cm³/mol. The topological polar surface area (TPSA) is 47.0 Å². The molecule has 0 radical (unpaired) electrons. The predicted octanol–water partition coefficient (Wildman–Crippen LogP) is 2.61. The molecule has 3 rings (SSSR count). The van der Waals surface area contributed by atoms with Gasteiger partial charge in [-0.05, 0) is 12.1 Å². The van der Waals surface area contributed by atoms with Gasteiger partial charge in [0.25, 0.3) is 0 Å². The third-order valence-corrected chi connectivity index (χ3v) is 3.35. The second kappa shape index (κ2) is 5.55. The Morgan fingerprint density at radius 1 is 1.11 bits per heavy atom. The highest BCUT2D eigenvalue weighted by molar-refractivity contribution is 6.32. The molecule has 2 aromatic rings. The Kier molecular flexibility index (Phi) is 3.62. The van der Waals surface area contributed by atoms with Crippen molar-refractivity contribution in [2.75, 3.05) is 13.1 Å². The number of nitrogens with zero attached hydrogens (tertiary/aromatic N) is 2. The summed E-state index contributed by atoms with van der Waals surface area (Å²) in [6.07, 6.45) is 3.45. The maximum absolute atomic E-state index is 6.06.